The first-order valence-corrected chi connectivity index (χ1v) is 10.3. The van der Waals surface area contributed by atoms with E-state index >= 15 is 0 Å². The second kappa shape index (κ2) is 6.73. The number of carbonyl (C=O) groups excluding carboxylic acids is 1. The first kappa shape index (κ1) is 17.6. The van der Waals surface area contributed by atoms with E-state index in [9.17, 15) is 13.2 Å². The Bertz CT molecular complexity index is 992. The van der Waals surface area contributed by atoms with Gasteiger partial charge in [0.2, 0.25) is 6.79 Å². The molecule has 1 N–H and O–H groups in total. The molecule has 0 aliphatic carbocycles. The van der Waals surface area contributed by atoms with Crippen LogP contribution in [0.15, 0.2) is 36.5 Å². The molecule has 8 nitrogen and oxygen atoms in total. The van der Waals surface area contributed by atoms with E-state index in [-0.39, 0.29) is 30.2 Å². The summed E-state index contributed by atoms with van der Waals surface area (Å²) in [7, 11) is -1.41. The Kier molecular flexibility index (Phi) is 4.39. The van der Waals surface area contributed by atoms with Crippen molar-refractivity contribution in [1.82, 2.24) is 9.88 Å². The number of hydrogen-bond acceptors (Lipinski definition) is 7. The Morgan fingerprint density at radius 3 is 2.81 bits per heavy atom. The maximum Gasteiger partial charge on any atom is 0.254 e. The molecule has 1 atom stereocenters. The number of nitrogens with one attached hydrogen (secondary N) is 1. The number of pyridine rings is 1. The van der Waals surface area contributed by atoms with Crippen LogP contribution < -0.4 is 14.8 Å². The minimum absolute atomic E-state index is 0.0165. The van der Waals surface area contributed by atoms with Gasteiger partial charge in [0.25, 0.3) is 5.91 Å². The Morgan fingerprint density at radius 2 is 2.04 bits per heavy atom. The van der Waals surface area contributed by atoms with Crippen molar-refractivity contribution < 1.29 is 22.7 Å². The highest BCUT2D eigenvalue weighted by molar-refractivity contribution is 7.91. The van der Waals surface area contributed by atoms with Gasteiger partial charge < -0.3 is 19.7 Å². The summed E-state index contributed by atoms with van der Waals surface area (Å²) in [5.74, 6) is 1.76. The number of carbonyl (C=O) groups is 1. The van der Waals surface area contributed by atoms with Gasteiger partial charge in [-0.1, -0.05) is 0 Å². The Morgan fingerprint density at radius 1 is 1.22 bits per heavy atom. The number of ether oxygens (including phenoxy) is 2. The smallest absolute Gasteiger partial charge is 0.254 e. The number of hydrogen-bond donors (Lipinski definition) is 1. The zero-order chi connectivity index (χ0) is 19.0. The van der Waals surface area contributed by atoms with Crippen LogP contribution in [0.5, 0.6) is 11.5 Å². The van der Waals surface area contributed by atoms with E-state index in [4.69, 9.17) is 9.47 Å². The van der Waals surface area contributed by atoms with E-state index in [2.05, 4.69) is 10.3 Å². The lowest BCUT2D eigenvalue weighted by atomic mass is 10.1. The zero-order valence-corrected chi connectivity index (χ0v) is 15.5. The molecule has 142 valence electrons. The molecule has 3 heterocycles. The predicted octanol–water partition coefficient (Wildman–Crippen LogP) is 1.81. The van der Waals surface area contributed by atoms with Crippen LogP contribution in [0.2, 0.25) is 0 Å². The lowest BCUT2D eigenvalue weighted by Gasteiger charge is -2.23. The monoisotopic (exact) mass is 389 g/mol. The minimum Gasteiger partial charge on any atom is -0.454 e. The van der Waals surface area contributed by atoms with E-state index < -0.39 is 9.84 Å². The summed E-state index contributed by atoms with van der Waals surface area (Å²) in [4.78, 5) is 18.5. The molecule has 1 fully saturated rings. The molecule has 1 aromatic carbocycles. The summed E-state index contributed by atoms with van der Waals surface area (Å²) in [6.07, 6.45) is 2.01. The van der Waals surface area contributed by atoms with E-state index in [0.29, 0.717) is 29.3 Å². The number of anilines is 2. The Balaban J connectivity index is 1.49. The van der Waals surface area contributed by atoms with Crippen LogP contribution in [0.1, 0.15) is 16.8 Å². The fraction of sp³-hybridized carbons (Fsp3) is 0.333. The van der Waals surface area contributed by atoms with Crippen molar-refractivity contribution in [3.05, 3.63) is 42.1 Å². The SMILES string of the molecule is CN(C(=O)c1ccnc(Nc2ccc3c(c2)OCO3)c1)C1CCS(=O)(=O)C1. The van der Waals surface area contributed by atoms with E-state index in [1.807, 2.05) is 6.07 Å². The number of nitrogens with zero attached hydrogens (tertiary/aromatic N) is 2. The summed E-state index contributed by atoms with van der Waals surface area (Å²) < 4.78 is 34.0. The fourth-order valence-corrected chi connectivity index (χ4v) is 4.98. The summed E-state index contributed by atoms with van der Waals surface area (Å²) >= 11 is 0. The van der Waals surface area contributed by atoms with Gasteiger partial charge in [0.1, 0.15) is 5.82 Å². The maximum absolute atomic E-state index is 12.7. The van der Waals surface area contributed by atoms with Crippen molar-refractivity contribution in [2.24, 2.45) is 0 Å². The van der Waals surface area contributed by atoms with Crippen LogP contribution >= 0.6 is 0 Å². The fourth-order valence-electron chi connectivity index (χ4n) is 3.20. The number of aromatic nitrogens is 1. The number of benzene rings is 1. The van der Waals surface area contributed by atoms with Crippen LogP contribution in [0.25, 0.3) is 0 Å². The largest absolute Gasteiger partial charge is 0.454 e. The summed E-state index contributed by atoms with van der Waals surface area (Å²) in [6, 6.07) is 8.40. The molecule has 1 saturated heterocycles. The molecule has 4 rings (SSSR count). The van der Waals surface area contributed by atoms with Crippen LogP contribution in [0.3, 0.4) is 0 Å². The minimum atomic E-state index is -3.05. The second-order valence-corrected chi connectivity index (χ2v) is 8.82. The molecule has 1 unspecified atom stereocenters. The lowest BCUT2D eigenvalue weighted by molar-refractivity contribution is 0.0747. The molecule has 0 spiro atoms. The van der Waals surface area contributed by atoms with Crippen LogP contribution in [0, 0.1) is 0 Å². The van der Waals surface area contributed by atoms with Crippen molar-refractivity contribution in [2.75, 3.05) is 30.7 Å². The Hall–Kier alpha value is -2.81. The number of fused-ring (bicyclic) bond motifs is 1. The van der Waals surface area contributed by atoms with Gasteiger partial charge >= 0.3 is 0 Å². The third-order valence-electron chi connectivity index (χ3n) is 4.73. The second-order valence-electron chi connectivity index (χ2n) is 6.60. The number of rotatable bonds is 4. The van der Waals surface area contributed by atoms with Crippen molar-refractivity contribution in [2.45, 2.75) is 12.5 Å². The average molecular weight is 389 g/mol. The molecule has 27 heavy (non-hydrogen) atoms. The summed E-state index contributed by atoms with van der Waals surface area (Å²) in [5.41, 5.74) is 1.20. The van der Waals surface area contributed by atoms with Crippen molar-refractivity contribution in [3.63, 3.8) is 0 Å². The molecule has 2 aliphatic rings. The quantitative estimate of drug-likeness (QED) is 0.852. The van der Waals surface area contributed by atoms with Gasteiger partial charge in [-0.25, -0.2) is 13.4 Å². The van der Waals surface area contributed by atoms with Gasteiger partial charge in [-0.15, -0.1) is 0 Å². The molecular formula is C18H19N3O5S. The van der Waals surface area contributed by atoms with Crippen molar-refractivity contribution in [1.29, 1.82) is 0 Å². The summed E-state index contributed by atoms with van der Waals surface area (Å²) in [6.45, 7) is 0.199. The van der Waals surface area contributed by atoms with E-state index in [0.717, 1.165) is 5.69 Å². The van der Waals surface area contributed by atoms with Gasteiger partial charge in [0.15, 0.2) is 21.3 Å². The van der Waals surface area contributed by atoms with Crippen molar-refractivity contribution in [3.8, 4) is 11.5 Å². The lowest BCUT2D eigenvalue weighted by Crippen LogP contribution is -2.37. The van der Waals surface area contributed by atoms with Crippen molar-refractivity contribution >= 4 is 27.2 Å². The van der Waals surface area contributed by atoms with E-state index in [1.54, 1.807) is 37.5 Å². The van der Waals surface area contributed by atoms with Crippen LogP contribution in [-0.2, 0) is 9.84 Å². The topological polar surface area (TPSA) is 97.8 Å². The molecule has 2 aliphatic heterocycles. The highest BCUT2D eigenvalue weighted by Crippen LogP contribution is 2.35. The van der Waals surface area contributed by atoms with Gasteiger partial charge in [-0.05, 0) is 30.7 Å². The average Bonchev–Trinajstić information content (AvgIpc) is 3.26. The first-order valence-electron chi connectivity index (χ1n) is 8.52. The molecule has 1 aromatic heterocycles. The molecular weight excluding hydrogens is 370 g/mol. The van der Waals surface area contributed by atoms with Gasteiger partial charge in [-0.2, -0.15) is 0 Å². The third-order valence-corrected chi connectivity index (χ3v) is 6.48. The molecule has 0 bridgehead atoms. The van der Waals surface area contributed by atoms with Gasteiger partial charge in [-0.3, -0.25) is 4.79 Å². The molecule has 1 amide bonds. The van der Waals surface area contributed by atoms with Gasteiger partial charge in [0, 0.05) is 36.6 Å². The van der Waals surface area contributed by atoms with Gasteiger partial charge in [0.05, 0.1) is 11.5 Å². The molecule has 0 saturated carbocycles. The highest BCUT2D eigenvalue weighted by atomic mass is 32.2. The van der Waals surface area contributed by atoms with Crippen LogP contribution in [0.4, 0.5) is 11.5 Å². The number of sulfone groups is 1. The molecule has 9 heteroatoms. The van der Waals surface area contributed by atoms with Crippen LogP contribution in [-0.4, -0.2) is 55.6 Å². The normalized spacial score (nSPS) is 19.7. The number of amides is 1. The zero-order valence-electron chi connectivity index (χ0n) is 14.7. The third kappa shape index (κ3) is 3.68. The summed E-state index contributed by atoms with van der Waals surface area (Å²) in [5, 5.41) is 3.14. The standard InChI is InChI=1S/C18H19N3O5S/c1-21(14-5-7-27(23,24)10-14)18(22)12-4-6-19-17(8-12)20-13-2-3-15-16(9-13)26-11-25-15/h2-4,6,8-9,14H,5,7,10-11H2,1H3,(H,19,20). The molecule has 0 radical (unpaired) electrons. The maximum atomic E-state index is 12.7. The molecule has 2 aromatic rings. The van der Waals surface area contributed by atoms with E-state index in [1.165, 1.54) is 4.90 Å². The first-order chi connectivity index (χ1) is 12.9. The predicted molar refractivity (Wildman–Crippen MR) is 99.2 cm³/mol. The highest BCUT2D eigenvalue weighted by Gasteiger charge is 2.33. The Labute approximate surface area is 157 Å².